The minimum atomic E-state index is -4.10. The Balaban J connectivity index is 1.81. The molecule has 0 unspecified atom stereocenters. The van der Waals surface area contributed by atoms with Crippen LogP contribution in [0.4, 0.5) is 11.4 Å². The molecule has 2 heterocycles. The molecular weight excluding hydrogens is 436 g/mol. The summed E-state index contributed by atoms with van der Waals surface area (Å²) in [6, 6.07) is 5.37. The molecule has 0 amide bonds. The van der Waals surface area contributed by atoms with Gasteiger partial charge in [0.1, 0.15) is 5.69 Å². The smallest absolute Gasteiger partial charge is 0.293 e. The van der Waals surface area contributed by atoms with Gasteiger partial charge >= 0.3 is 0 Å². The van der Waals surface area contributed by atoms with Gasteiger partial charge in [-0.05, 0) is 44.9 Å². The Morgan fingerprint density at radius 1 is 1.34 bits per heavy atom. The monoisotopic (exact) mass is 464 g/mol. The van der Waals surface area contributed by atoms with E-state index in [2.05, 4.69) is 5.32 Å². The zero-order chi connectivity index (χ0) is 23.6. The molecule has 0 spiro atoms. The van der Waals surface area contributed by atoms with Crippen LogP contribution in [-0.2, 0) is 21.3 Å². The first-order valence-corrected chi connectivity index (χ1v) is 11.7. The topological polar surface area (TPSA) is 124 Å². The maximum Gasteiger partial charge on any atom is 0.293 e. The van der Waals surface area contributed by atoms with E-state index in [0.717, 1.165) is 41.2 Å². The summed E-state index contributed by atoms with van der Waals surface area (Å²) in [5.74, 6) is -0.343. The van der Waals surface area contributed by atoms with Gasteiger partial charge in [-0.3, -0.25) is 14.9 Å². The maximum atomic E-state index is 13.0. The number of carbonyl (C=O) groups is 1. The summed E-state index contributed by atoms with van der Waals surface area (Å²) in [6.07, 6.45) is 2.10. The van der Waals surface area contributed by atoms with Crippen LogP contribution in [0.3, 0.4) is 0 Å². The second kappa shape index (κ2) is 9.39. The zero-order valence-corrected chi connectivity index (χ0v) is 19.4. The number of ether oxygens (including phenoxy) is 1. The van der Waals surface area contributed by atoms with Crippen molar-refractivity contribution in [3.05, 3.63) is 51.3 Å². The number of likely N-dealkylation sites (N-methyl/N-ethyl adjacent to an activating group) is 1. The van der Waals surface area contributed by atoms with E-state index in [1.54, 1.807) is 6.07 Å². The lowest BCUT2D eigenvalue weighted by atomic mass is 10.1. The summed E-state index contributed by atoms with van der Waals surface area (Å²) in [6.45, 7) is 4.76. The second-order valence-corrected chi connectivity index (χ2v) is 9.95. The van der Waals surface area contributed by atoms with Gasteiger partial charge in [0.15, 0.2) is 5.78 Å². The summed E-state index contributed by atoms with van der Waals surface area (Å²) in [7, 11) is -1.31. The maximum absolute atomic E-state index is 13.0. The number of nitro benzene ring substituents is 1. The van der Waals surface area contributed by atoms with E-state index >= 15 is 0 Å². The van der Waals surface area contributed by atoms with Gasteiger partial charge in [0.2, 0.25) is 10.0 Å². The highest BCUT2D eigenvalue weighted by Crippen LogP contribution is 2.28. The number of nitrogens with zero attached hydrogens (tertiary/aromatic N) is 3. The van der Waals surface area contributed by atoms with Gasteiger partial charge in [-0.15, -0.1) is 0 Å². The molecule has 1 aromatic heterocycles. The fourth-order valence-electron chi connectivity index (χ4n) is 3.94. The Hall–Kier alpha value is -2.76. The summed E-state index contributed by atoms with van der Waals surface area (Å²) in [4.78, 5) is 23.3. The Bertz CT molecular complexity index is 1140. The van der Waals surface area contributed by atoms with Gasteiger partial charge in [0, 0.05) is 50.3 Å². The third-order valence-electron chi connectivity index (χ3n) is 5.79. The number of ketones is 1. The van der Waals surface area contributed by atoms with E-state index in [-0.39, 0.29) is 34.7 Å². The lowest BCUT2D eigenvalue weighted by Crippen LogP contribution is -2.32. The molecule has 0 aliphatic carbocycles. The van der Waals surface area contributed by atoms with E-state index < -0.39 is 14.9 Å². The van der Waals surface area contributed by atoms with E-state index in [9.17, 15) is 23.3 Å². The molecule has 3 rings (SSSR count). The number of carbonyl (C=O) groups excluding carboxylic acids is 1. The first kappa shape index (κ1) is 23.9. The van der Waals surface area contributed by atoms with Crippen LogP contribution in [0.5, 0.6) is 0 Å². The molecule has 1 fully saturated rings. The first-order chi connectivity index (χ1) is 15.1. The van der Waals surface area contributed by atoms with Gasteiger partial charge in [0.25, 0.3) is 5.69 Å². The number of nitro groups is 1. The largest absolute Gasteiger partial charge is 0.383 e. The first-order valence-electron chi connectivity index (χ1n) is 10.3. The van der Waals surface area contributed by atoms with Crippen LogP contribution in [-0.4, -0.2) is 61.3 Å². The van der Waals surface area contributed by atoms with Crippen LogP contribution in [0.15, 0.2) is 29.2 Å². The lowest BCUT2D eigenvalue weighted by Gasteiger charge is -2.17. The van der Waals surface area contributed by atoms with Crippen molar-refractivity contribution in [2.75, 3.05) is 32.6 Å². The van der Waals surface area contributed by atoms with Crippen LogP contribution in [0.1, 0.15) is 34.6 Å². The fraction of sp³-hybridized carbons (Fsp3) is 0.476. The minimum absolute atomic E-state index is 0.113. The minimum Gasteiger partial charge on any atom is -0.383 e. The molecule has 1 atom stereocenters. The van der Waals surface area contributed by atoms with Crippen molar-refractivity contribution < 1.29 is 22.9 Å². The summed E-state index contributed by atoms with van der Waals surface area (Å²) in [5, 5.41) is 13.9. The Morgan fingerprint density at radius 2 is 2.06 bits per heavy atom. The molecule has 1 N–H and O–H groups in total. The molecule has 174 valence electrons. The van der Waals surface area contributed by atoms with Crippen LogP contribution < -0.4 is 5.32 Å². The number of anilines is 1. The molecule has 1 aliphatic heterocycles. The highest BCUT2D eigenvalue weighted by molar-refractivity contribution is 7.89. The van der Waals surface area contributed by atoms with Crippen molar-refractivity contribution in [2.45, 2.75) is 44.2 Å². The average molecular weight is 465 g/mol. The summed E-state index contributed by atoms with van der Waals surface area (Å²) < 4.78 is 34.6. The van der Waals surface area contributed by atoms with Crippen LogP contribution in [0, 0.1) is 24.0 Å². The van der Waals surface area contributed by atoms with E-state index in [1.807, 2.05) is 18.4 Å². The number of Topliss-reactive ketones (excluding diaryl/α,β-unsaturated/α-hetero) is 1. The average Bonchev–Trinajstić information content (AvgIpc) is 3.36. The number of hydrogen-bond acceptors (Lipinski definition) is 7. The molecule has 0 radical (unpaired) electrons. The zero-order valence-electron chi connectivity index (χ0n) is 18.6. The van der Waals surface area contributed by atoms with Crippen molar-refractivity contribution in [1.82, 2.24) is 8.87 Å². The molecule has 1 aliphatic rings. The summed E-state index contributed by atoms with van der Waals surface area (Å²) in [5.41, 5.74) is 1.98. The highest BCUT2D eigenvalue weighted by atomic mass is 32.2. The molecule has 0 bridgehead atoms. The Labute approximate surface area is 187 Å². The number of aromatic nitrogens is 1. The van der Waals surface area contributed by atoms with Gasteiger partial charge in [-0.1, -0.05) is 0 Å². The van der Waals surface area contributed by atoms with Gasteiger partial charge in [0.05, 0.1) is 22.5 Å². The summed E-state index contributed by atoms with van der Waals surface area (Å²) >= 11 is 0. The van der Waals surface area contributed by atoms with Crippen LogP contribution >= 0.6 is 0 Å². The molecular formula is C21H28N4O6S. The molecule has 32 heavy (non-hydrogen) atoms. The Morgan fingerprint density at radius 3 is 2.66 bits per heavy atom. The number of aryl methyl sites for hydroxylation is 1. The highest BCUT2D eigenvalue weighted by Gasteiger charge is 2.28. The van der Waals surface area contributed by atoms with E-state index in [4.69, 9.17) is 4.74 Å². The molecule has 10 nitrogen and oxygen atoms in total. The van der Waals surface area contributed by atoms with Crippen LogP contribution in [0.25, 0.3) is 0 Å². The van der Waals surface area contributed by atoms with Gasteiger partial charge in [-0.2, -0.15) is 4.31 Å². The fourth-order valence-corrected chi connectivity index (χ4v) is 5.09. The number of sulfonamides is 1. The molecule has 2 aromatic rings. The Kier molecular flexibility index (Phi) is 7.01. The van der Waals surface area contributed by atoms with Gasteiger partial charge in [-0.25, -0.2) is 8.42 Å². The van der Waals surface area contributed by atoms with Crippen LogP contribution in [0.2, 0.25) is 0 Å². The normalized spacial score (nSPS) is 16.5. The van der Waals surface area contributed by atoms with Crippen molar-refractivity contribution >= 4 is 27.2 Å². The van der Waals surface area contributed by atoms with Gasteiger partial charge < -0.3 is 14.6 Å². The third kappa shape index (κ3) is 4.69. The number of benzene rings is 1. The van der Waals surface area contributed by atoms with Crippen molar-refractivity contribution in [1.29, 1.82) is 0 Å². The van der Waals surface area contributed by atoms with Crippen molar-refractivity contribution in [3.8, 4) is 0 Å². The SMILES string of the molecule is CNc1ccc(S(=O)(=O)N(C)CC(=O)c2cc(C)n(C[C@@H]3CCCO3)c2C)cc1[N+](=O)[O-]. The van der Waals surface area contributed by atoms with Crippen molar-refractivity contribution in [2.24, 2.45) is 0 Å². The van der Waals surface area contributed by atoms with E-state index in [0.29, 0.717) is 12.1 Å². The molecule has 11 heteroatoms. The molecule has 0 saturated carbocycles. The molecule has 1 aromatic carbocycles. The lowest BCUT2D eigenvalue weighted by molar-refractivity contribution is -0.384. The molecule has 1 saturated heterocycles. The predicted molar refractivity (Wildman–Crippen MR) is 120 cm³/mol. The number of rotatable bonds is 9. The predicted octanol–water partition coefficient (Wildman–Crippen LogP) is 2.74. The quantitative estimate of drug-likeness (QED) is 0.344. The standard InChI is InChI=1S/C21H28N4O6S/c1-14-10-18(15(2)24(14)12-16-6-5-9-31-16)21(26)13-23(4)32(29,30)17-7-8-19(22-3)20(11-17)25(27)28/h7-8,10-11,16,22H,5-6,9,12-13H2,1-4H3/t16-/m0/s1. The van der Waals surface area contributed by atoms with E-state index in [1.165, 1.54) is 26.2 Å². The number of hydrogen-bond donors (Lipinski definition) is 1. The second-order valence-electron chi connectivity index (χ2n) is 7.90. The third-order valence-corrected chi connectivity index (χ3v) is 7.59. The number of nitrogens with one attached hydrogen (secondary N) is 1. The van der Waals surface area contributed by atoms with Crippen molar-refractivity contribution in [3.63, 3.8) is 0 Å².